The monoisotopic (exact) mass is 268 g/mol. The molecule has 0 spiro atoms. The van der Waals surface area contributed by atoms with Gasteiger partial charge in [-0.1, -0.05) is 11.6 Å². The van der Waals surface area contributed by atoms with E-state index in [0.29, 0.717) is 11.4 Å². The van der Waals surface area contributed by atoms with Crippen molar-refractivity contribution in [1.82, 2.24) is 10.2 Å². The molecule has 0 atom stereocenters. The second-order valence-electron chi connectivity index (χ2n) is 3.69. The number of nitrogen functional groups attached to an aromatic ring is 1. The minimum Gasteiger partial charge on any atom is -0.394 e. The third-order valence-corrected chi connectivity index (χ3v) is 2.70. The highest BCUT2D eigenvalue weighted by molar-refractivity contribution is 6.31. The van der Waals surface area contributed by atoms with Crippen LogP contribution in [-0.2, 0) is 0 Å². The van der Waals surface area contributed by atoms with Crippen molar-refractivity contribution in [3.8, 4) is 0 Å². The lowest BCUT2D eigenvalue weighted by atomic mass is 10.2. The first-order valence-corrected chi connectivity index (χ1v) is 5.43. The van der Waals surface area contributed by atoms with Crippen molar-refractivity contribution < 1.29 is 9.18 Å². The topological polar surface area (TPSA) is 83.8 Å². The summed E-state index contributed by atoms with van der Waals surface area (Å²) in [6.45, 7) is 1.73. The van der Waals surface area contributed by atoms with Crippen LogP contribution in [0.1, 0.15) is 16.1 Å². The van der Waals surface area contributed by atoms with E-state index in [2.05, 4.69) is 15.5 Å². The summed E-state index contributed by atoms with van der Waals surface area (Å²) in [5, 5.41) is 8.86. The van der Waals surface area contributed by atoms with Gasteiger partial charge >= 0.3 is 0 Å². The Bertz CT molecular complexity index is 611. The van der Waals surface area contributed by atoms with Crippen molar-refractivity contribution in [3.05, 3.63) is 40.3 Å². The molecule has 1 heterocycles. The van der Waals surface area contributed by atoms with Gasteiger partial charge in [-0.15, -0.1) is 0 Å². The number of nitrogens with zero attached hydrogens (tertiary/aromatic N) is 1. The first-order valence-electron chi connectivity index (χ1n) is 5.06. The first kappa shape index (κ1) is 12.4. The summed E-state index contributed by atoms with van der Waals surface area (Å²) in [6, 6.07) is 3.69. The fourth-order valence-corrected chi connectivity index (χ4v) is 1.53. The zero-order chi connectivity index (χ0) is 13.3. The molecule has 0 aliphatic heterocycles. The van der Waals surface area contributed by atoms with Crippen LogP contribution < -0.4 is 11.1 Å². The molecule has 1 aromatic heterocycles. The molecule has 1 aromatic carbocycles. The van der Waals surface area contributed by atoms with Crippen LogP contribution in [0.5, 0.6) is 0 Å². The lowest BCUT2D eigenvalue weighted by Gasteiger charge is -2.04. The molecule has 4 N–H and O–H groups in total. The lowest BCUT2D eigenvalue weighted by molar-refractivity contribution is 0.102. The van der Waals surface area contributed by atoms with E-state index >= 15 is 0 Å². The number of carbonyl (C=O) groups excluding carboxylic acids is 1. The van der Waals surface area contributed by atoms with Gasteiger partial charge in [-0.3, -0.25) is 9.89 Å². The zero-order valence-electron chi connectivity index (χ0n) is 9.42. The fourth-order valence-electron chi connectivity index (χ4n) is 1.35. The van der Waals surface area contributed by atoms with Gasteiger partial charge in [-0.05, 0) is 25.1 Å². The van der Waals surface area contributed by atoms with Crippen LogP contribution in [0.15, 0.2) is 18.2 Å². The van der Waals surface area contributed by atoms with E-state index in [1.807, 2.05) is 0 Å². The Kier molecular flexibility index (Phi) is 3.20. The molecule has 94 valence electrons. The van der Waals surface area contributed by atoms with Crippen LogP contribution in [0.2, 0.25) is 5.02 Å². The van der Waals surface area contributed by atoms with Crippen molar-refractivity contribution in [3.63, 3.8) is 0 Å². The molecule has 0 radical (unpaired) electrons. The van der Waals surface area contributed by atoms with Crippen molar-refractivity contribution in [1.29, 1.82) is 0 Å². The largest absolute Gasteiger partial charge is 0.394 e. The molecule has 2 aromatic rings. The Morgan fingerprint density at radius 3 is 2.83 bits per heavy atom. The number of hydrogen-bond acceptors (Lipinski definition) is 3. The molecule has 0 fully saturated rings. The highest BCUT2D eigenvalue weighted by atomic mass is 35.5. The van der Waals surface area contributed by atoms with Crippen molar-refractivity contribution >= 4 is 29.0 Å². The number of benzene rings is 1. The Balaban J connectivity index is 2.22. The summed E-state index contributed by atoms with van der Waals surface area (Å²) >= 11 is 5.59. The van der Waals surface area contributed by atoms with E-state index in [4.69, 9.17) is 17.3 Å². The quantitative estimate of drug-likeness (QED) is 0.782. The van der Waals surface area contributed by atoms with Crippen molar-refractivity contribution in [2.75, 3.05) is 11.1 Å². The Labute approximate surface area is 107 Å². The Hall–Kier alpha value is -2.08. The maximum absolute atomic E-state index is 13.0. The zero-order valence-corrected chi connectivity index (χ0v) is 10.2. The molecule has 0 aliphatic carbocycles. The average Bonchev–Trinajstić information content (AvgIpc) is 2.64. The smallest absolute Gasteiger partial charge is 0.256 e. The van der Waals surface area contributed by atoms with Gasteiger partial charge in [0.25, 0.3) is 5.91 Å². The molecular formula is C11H10ClFN4O. The van der Waals surface area contributed by atoms with Crippen molar-refractivity contribution in [2.24, 2.45) is 0 Å². The number of rotatable bonds is 2. The van der Waals surface area contributed by atoms with Gasteiger partial charge in [-0.2, -0.15) is 5.10 Å². The van der Waals surface area contributed by atoms with E-state index in [9.17, 15) is 9.18 Å². The van der Waals surface area contributed by atoms with Gasteiger partial charge in [-0.25, -0.2) is 4.39 Å². The Morgan fingerprint density at radius 2 is 2.28 bits per heavy atom. The molecule has 0 unspecified atom stereocenters. The summed E-state index contributed by atoms with van der Waals surface area (Å²) in [5.41, 5.74) is 6.92. The number of aromatic nitrogens is 2. The molecular weight excluding hydrogens is 259 g/mol. The van der Waals surface area contributed by atoms with E-state index in [-0.39, 0.29) is 16.4 Å². The fraction of sp³-hybridized carbons (Fsp3) is 0.0909. The first-order chi connectivity index (χ1) is 8.49. The normalized spacial score (nSPS) is 10.4. The van der Waals surface area contributed by atoms with E-state index < -0.39 is 11.7 Å². The average molecular weight is 269 g/mol. The number of nitrogens with two attached hydrogens (primary N) is 1. The lowest BCUT2D eigenvalue weighted by Crippen LogP contribution is -2.13. The van der Waals surface area contributed by atoms with Gasteiger partial charge in [0.2, 0.25) is 0 Å². The molecule has 7 heteroatoms. The number of nitrogens with one attached hydrogen (secondary N) is 2. The van der Waals surface area contributed by atoms with Gasteiger partial charge in [0, 0.05) is 5.56 Å². The van der Waals surface area contributed by atoms with Gasteiger partial charge in [0.1, 0.15) is 5.82 Å². The van der Waals surface area contributed by atoms with Gasteiger partial charge in [0.15, 0.2) is 5.82 Å². The number of aryl methyl sites for hydroxylation is 1. The molecule has 1 amide bonds. The number of aromatic amines is 1. The number of amides is 1. The minimum absolute atomic E-state index is 0.117. The highest BCUT2D eigenvalue weighted by Gasteiger charge is 2.13. The third-order valence-electron chi connectivity index (χ3n) is 2.41. The van der Waals surface area contributed by atoms with Gasteiger partial charge < -0.3 is 11.1 Å². The van der Waals surface area contributed by atoms with Crippen LogP contribution in [0.3, 0.4) is 0 Å². The predicted octanol–water partition coefficient (Wildman–Crippen LogP) is 2.35. The van der Waals surface area contributed by atoms with Crippen LogP contribution in [0, 0.1) is 12.7 Å². The van der Waals surface area contributed by atoms with Gasteiger partial charge in [0.05, 0.1) is 16.4 Å². The summed E-state index contributed by atoms with van der Waals surface area (Å²) in [7, 11) is 0. The summed E-state index contributed by atoms with van der Waals surface area (Å²) in [5.74, 6) is -0.809. The molecule has 0 aliphatic rings. The molecule has 18 heavy (non-hydrogen) atoms. The second kappa shape index (κ2) is 4.66. The van der Waals surface area contributed by atoms with E-state index in [0.717, 1.165) is 6.07 Å². The SMILES string of the molecule is Cc1[nH]nc(NC(=O)c2ccc(F)c(Cl)c2)c1N. The molecule has 0 saturated carbocycles. The second-order valence-corrected chi connectivity index (χ2v) is 4.10. The van der Waals surface area contributed by atoms with E-state index in [1.165, 1.54) is 12.1 Å². The molecule has 0 bridgehead atoms. The molecule has 5 nitrogen and oxygen atoms in total. The maximum Gasteiger partial charge on any atom is 0.256 e. The predicted molar refractivity (Wildman–Crippen MR) is 67.1 cm³/mol. The number of anilines is 2. The summed E-state index contributed by atoms with van der Waals surface area (Å²) < 4.78 is 13.0. The van der Waals surface area contributed by atoms with Crippen LogP contribution in [0.25, 0.3) is 0 Å². The number of hydrogen-bond donors (Lipinski definition) is 3. The summed E-state index contributed by atoms with van der Waals surface area (Å²) in [4.78, 5) is 11.8. The third kappa shape index (κ3) is 2.28. The number of halogens is 2. The Morgan fingerprint density at radius 1 is 1.56 bits per heavy atom. The van der Waals surface area contributed by atoms with Crippen molar-refractivity contribution in [2.45, 2.75) is 6.92 Å². The number of carbonyl (C=O) groups is 1. The molecule has 2 rings (SSSR count). The van der Waals surface area contributed by atoms with Crippen LogP contribution >= 0.6 is 11.6 Å². The van der Waals surface area contributed by atoms with Crippen LogP contribution in [-0.4, -0.2) is 16.1 Å². The minimum atomic E-state index is -0.580. The number of H-pyrrole nitrogens is 1. The maximum atomic E-state index is 13.0. The summed E-state index contributed by atoms with van der Waals surface area (Å²) in [6.07, 6.45) is 0. The highest BCUT2D eigenvalue weighted by Crippen LogP contribution is 2.20. The van der Waals surface area contributed by atoms with E-state index in [1.54, 1.807) is 6.92 Å². The standard InChI is InChI=1S/C11H10ClFN4O/c1-5-9(14)10(17-16-5)15-11(18)6-2-3-8(13)7(12)4-6/h2-4H,14H2,1H3,(H2,15,16,17,18). The van der Waals surface area contributed by atoms with Crippen LogP contribution in [0.4, 0.5) is 15.9 Å². The molecule has 0 saturated heterocycles.